The molecule has 14 heteroatoms. The zero-order chi connectivity index (χ0) is 25.0. The summed E-state index contributed by atoms with van der Waals surface area (Å²) < 4.78 is 29.1. The SMILES string of the molecule is CC(=O)OC[C@H]1O[C@@H](n2cnc3c(Cl)ncnc32)C[C@H](OC(C)=O)[C@@H](OC(C)=O)[C@@H]1OC(C)=O. The van der Waals surface area contributed by atoms with Crippen LogP contribution in [0.3, 0.4) is 0 Å². The largest absolute Gasteiger partial charge is 0.463 e. The van der Waals surface area contributed by atoms with E-state index in [0.717, 1.165) is 13.8 Å². The van der Waals surface area contributed by atoms with Crippen LogP contribution in [-0.2, 0) is 42.9 Å². The Labute approximate surface area is 198 Å². The van der Waals surface area contributed by atoms with Crippen LogP contribution in [-0.4, -0.2) is 74.4 Å². The molecule has 0 spiro atoms. The second-order valence-corrected chi connectivity index (χ2v) is 7.81. The van der Waals surface area contributed by atoms with Gasteiger partial charge in [0.1, 0.15) is 36.9 Å². The third-order valence-corrected chi connectivity index (χ3v) is 5.10. The van der Waals surface area contributed by atoms with E-state index in [4.69, 9.17) is 35.3 Å². The minimum Gasteiger partial charge on any atom is -0.463 e. The van der Waals surface area contributed by atoms with E-state index < -0.39 is 54.5 Å². The van der Waals surface area contributed by atoms with E-state index >= 15 is 0 Å². The Morgan fingerprint density at radius 3 is 2.24 bits per heavy atom. The standard InChI is InChI=1S/C20H23ClN4O9/c1-9(26)30-6-14-18(33-12(4)29)17(32-11(3)28)13(31-10(2)27)5-15(34-14)25-8-24-16-19(21)22-7-23-20(16)25/h7-8,13-15,17-18H,5-6H2,1-4H3/t13-,14+,15+,17+,18+/m0/s1. The Kier molecular flexibility index (Phi) is 7.99. The third-order valence-electron chi connectivity index (χ3n) is 4.82. The predicted octanol–water partition coefficient (Wildman–Crippen LogP) is 1.13. The van der Waals surface area contributed by atoms with E-state index in [9.17, 15) is 19.2 Å². The molecular formula is C20H23ClN4O9. The van der Waals surface area contributed by atoms with Crippen molar-refractivity contribution in [1.82, 2.24) is 19.5 Å². The molecule has 0 unspecified atom stereocenters. The molecule has 13 nitrogen and oxygen atoms in total. The molecule has 184 valence electrons. The summed E-state index contributed by atoms with van der Waals surface area (Å²) in [7, 11) is 0. The van der Waals surface area contributed by atoms with Gasteiger partial charge in [0.15, 0.2) is 23.0 Å². The zero-order valence-corrected chi connectivity index (χ0v) is 19.6. The highest BCUT2D eigenvalue weighted by atomic mass is 35.5. The number of carbonyl (C=O) groups excluding carboxylic acids is 4. The summed E-state index contributed by atoms with van der Waals surface area (Å²) >= 11 is 6.10. The summed E-state index contributed by atoms with van der Waals surface area (Å²) in [6, 6.07) is 0. The first-order valence-electron chi connectivity index (χ1n) is 10.2. The van der Waals surface area contributed by atoms with Gasteiger partial charge in [-0.1, -0.05) is 11.6 Å². The van der Waals surface area contributed by atoms with Crippen molar-refractivity contribution in [3.63, 3.8) is 0 Å². The van der Waals surface area contributed by atoms with E-state index in [1.54, 1.807) is 0 Å². The molecule has 2 aromatic heterocycles. The number of imidazole rings is 1. The van der Waals surface area contributed by atoms with Crippen molar-refractivity contribution in [1.29, 1.82) is 0 Å². The second-order valence-electron chi connectivity index (χ2n) is 7.45. The van der Waals surface area contributed by atoms with E-state index in [-0.39, 0.29) is 18.2 Å². The molecule has 0 bridgehead atoms. The fourth-order valence-corrected chi connectivity index (χ4v) is 3.81. The maximum Gasteiger partial charge on any atom is 0.303 e. The molecule has 0 aromatic carbocycles. The van der Waals surface area contributed by atoms with Crippen molar-refractivity contribution >= 4 is 46.6 Å². The lowest BCUT2D eigenvalue weighted by Crippen LogP contribution is -2.50. The van der Waals surface area contributed by atoms with Crippen LogP contribution in [0, 0.1) is 0 Å². The number of aromatic nitrogens is 4. The Morgan fingerprint density at radius 1 is 0.971 bits per heavy atom. The Hall–Kier alpha value is -3.32. The van der Waals surface area contributed by atoms with Gasteiger partial charge < -0.3 is 23.7 Å². The summed E-state index contributed by atoms with van der Waals surface area (Å²) in [5.41, 5.74) is 0.610. The van der Waals surface area contributed by atoms with Crippen LogP contribution in [0.2, 0.25) is 5.15 Å². The molecule has 1 saturated heterocycles. The van der Waals surface area contributed by atoms with Crippen LogP contribution in [0.25, 0.3) is 11.2 Å². The quantitative estimate of drug-likeness (QED) is 0.318. The van der Waals surface area contributed by atoms with Gasteiger partial charge in [0.25, 0.3) is 0 Å². The molecule has 34 heavy (non-hydrogen) atoms. The molecular weight excluding hydrogens is 476 g/mol. The highest BCUT2D eigenvalue weighted by molar-refractivity contribution is 6.33. The molecule has 0 aliphatic carbocycles. The fraction of sp³-hybridized carbons (Fsp3) is 0.550. The van der Waals surface area contributed by atoms with E-state index in [1.165, 1.54) is 31.1 Å². The summed E-state index contributed by atoms with van der Waals surface area (Å²) in [6.45, 7) is 4.34. The van der Waals surface area contributed by atoms with Crippen molar-refractivity contribution in [2.24, 2.45) is 0 Å². The first-order chi connectivity index (χ1) is 16.1. The monoisotopic (exact) mass is 498 g/mol. The molecule has 3 heterocycles. The molecule has 0 amide bonds. The lowest BCUT2D eigenvalue weighted by molar-refractivity contribution is -0.194. The molecule has 1 aliphatic heterocycles. The van der Waals surface area contributed by atoms with E-state index in [2.05, 4.69) is 15.0 Å². The normalized spacial score (nSPS) is 24.7. The maximum atomic E-state index is 11.9. The number of esters is 4. The number of nitrogens with zero attached hydrogens (tertiary/aromatic N) is 4. The van der Waals surface area contributed by atoms with Crippen LogP contribution < -0.4 is 0 Å². The van der Waals surface area contributed by atoms with Crippen LogP contribution in [0.1, 0.15) is 40.3 Å². The molecule has 0 saturated carbocycles. The van der Waals surface area contributed by atoms with E-state index in [1.807, 2.05) is 0 Å². The smallest absolute Gasteiger partial charge is 0.303 e. The van der Waals surface area contributed by atoms with Crippen LogP contribution in [0.4, 0.5) is 0 Å². The van der Waals surface area contributed by atoms with Gasteiger partial charge in [-0.25, -0.2) is 15.0 Å². The van der Waals surface area contributed by atoms with Gasteiger partial charge in [0.2, 0.25) is 0 Å². The van der Waals surface area contributed by atoms with Gasteiger partial charge in [-0.05, 0) is 0 Å². The molecule has 0 radical (unpaired) electrons. The number of halogens is 1. The first-order valence-corrected chi connectivity index (χ1v) is 10.6. The van der Waals surface area contributed by atoms with Crippen molar-refractivity contribution in [3.05, 3.63) is 17.8 Å². The van der Waals surface area contributed by atoms with Crippen molar-refractivity contribution in [2.45, 2.75) is 64.8 Å². The molecule has 2 aromatic rings. The van der Waals surface area contributed by atoms with Crippen LogP contribution in [0.5, 0.6) is 0 Å². The molecule has 1 fully saturated rings. The average Bonchev–Trinajstić information content (AvgIpc) is 3.12. The van der Waals surface area contributed by atoms with Crippen molar-refractivity contribution in [3.8, 4) is 0 Å². The van der Waals surface area contributed by atoms with E-state index in [0.29, 0.717) is 11.2 Å². The highest BCUT2D eigenvalue weighted by Gasteiger charge is 2.48. The van der Waals surface area contributed by atoms with Crippen molar-refractivity contribution in [2.75, 3.05) is 6.61 Å². The molecule has 5 atom stereocenters. The minimum atomic E-state index is -1.27. The number of hydrogen-bond acceptors (Lipinski definition) is 12. The number of ether oxygens (including phenoxy) is 5. The van der Waals surface area contributed by atoms with Gasteiger partial charge >= 0.3 is 23.9 Å². The Bertz CT molecular complexity index is 1090. The lowest BCUT2D eigenvalue weighted by Gasteiger charge is -2.32. The lowest BCUT2D eigenvalue weighted by atomic mass is 10.0. The number of fused-ring (bicyclic) bond motifs is 1. The van der Waals surface area contributed by atoms with Gasteiger partial charge in [-0.2, -0.15) is 0 Å². The predicted molar refractivity (Wildman–Crippen MR) is 112 cm³/mol. The highest BCUT2D eigenvalue weighted by Crippen LogP contribution is 2.34. The summed E-state index contributed by atoms with van der Waals surface area (Å²) in [5.74, 6) is -2.70. The minimum absolute atomic E-state index is 0.0566. The Morgan fingerprint density at radius 2 is 1.62 bits per heavy atom. The van der Waals surface area contributed by atoms with Crippen LogP contribution >= 0.6 is 11.6 Å². The van der Waals surface area contributed by atoms with Gasteiger partial charge in [0.05, 0.1) is 6.33 Å². The Balaban J connectivity index is 2.11. The third kappa shape index (κ3) is 5.97. The molecule has 1 aliphatic rings. The summed E-state index contributed by atoms with van der Waals surface area (Å²) in [6.07, 6.45) is -3.10. The number of hydrogen-bond donors (Lipinski definition) is 0. The fourth-order valence-electron chi connectivity index (χ4n) is 3.64. The van der Waals surface area contributed by atoms with Gasteiger partial charge in [0, 0.05) is 34.1 Å². The van der Waals surface area contributed by atoms with Gasteiger partial charge in [-0.3, -0.25) is 23.7 Å². The average molecular weight is 499 g/mol. The van der Waals surface area contributed by atoms with Gasteiger partial charge in [-0.15, -0.1) is 0 Å². The topological polar surface area (TPSA) is 158 Å². The maximum absolute atomic E-state index is 11.9. The second kappa shape index (κ2) is 10.7. The zero-order valence-electron chi connectivity index (χ0n) is 18.8. The first kappa shape index (κ1) is 25.3. The van der Waals surface area contributed by atoms with Crippen molar-refractivity contribution < 1.29 is 42.9 Å². The summed E-state index contributed by atoms with van der Waals surface area (Å²) in [4.78, 5) is 59.5. The molecule has 3 rings (SSSR count). The number of rotatable bonds is 6. The summed E-state index contributed by atoms with van der Waals surface area (Å²) in [5, 5.41) is 0.112. The molecule has 0 N–H and O–H groups in total. The number of carbonyl (C=O) groups is 4. The van der Waals surface area contributed by atoms with Crippen LogP contribution in [0.15, 0.2) is 12.7 Å².